The van der Waals surface area contributed by atoms with E-state index in [1.54, 1.807) is 12.4 Å². The second kappa shape index (κ2) is 3.21. The van der Waals surface area contributed by atoms with Gasteiger partial charge in [0.1, 0.15) is 0 Å². The summed E-state index contributed by atoms with van der Waals surface area (Å²) in [5.41, 5.74) is 0.907. The molecule has 1 fully saturated rings. The molecule has 0 aromatic carbocycles. The van der Waals surface area contributed by atoms with E-state index in [2.05, 4.69) is 9.88 Å². The van der Waals surface area contributed by atoms with E-state index in [-0.39, 0.29) is 6.10 Å². The number of aromatic nitrogens is 1. The average molecular weight is 164 g/mol. The summed E-state index contributed by atoms with van der Waals surface area (Å²) in [7, 11) is 0. The third-order valence-electron chi connectivity index (χ3n) is 2.04. The summed E-state index contributed by atoms with van der Waals surface area (Å²) in [6, 6.07) is 3.75. The van der Waals surface area contributed by atoms with E-state index in [4.69, 9.17) is 0 Å². The normalized spacial score (nSPS) is 19.1. The van der Waals surface area contributed by atoms with E-state index in [0.29, 0.717) is 0 Å². The van der Waals surface area contributed by atoms with Crippen molar-refractivity contribution in [1.82, 2.24) is 9.88 Å². The third kappa shape index (κ3) is 1.81. The first-order valence-electron chi connectivity index (χ1n) is 4.16. The van der Waals surface area contributed by atoms with Crippen LogP contribution in [0.4, 0.5) is 0 Å². The Morgan fingerprint density at radius 1 is 1.58 bits per heavy atom. The Labute approximate surface area is 71.7 Å². The van der Waals surface area contributed by atoms with E-state index in [0.717, 1.165) is 25.2 Å². The quantitative estimate of drug-likeness (QED) is 0.658. The van der Waals surface area contributed by atoms with Crippen molar-refractivity contribution in [3.05, 3.63) is 30.1 Å². The molecule has 2 rings (SSSR count). The van der Waals surface area contributed by atoms with Gasteiger partial charge in [0.2, 0.25) is 0 Å². The number of rotatable bonds is 3. The number of nitrogens with zero attached hydrogens (tertiary/aromatic N) is 2. The molecule has 0 aliphatic carbocycles. The van der Waals surface area contributed by atoms with Gasteiger partial charge in [-0.25, -0.2) is 0 Å². The largest absolute Gasteiger partial charge is 0.387 e. The Morgan fingerprint density at radius 2 is 2.42 bits per heavy atom. The SMILES string of the molecule is OC(CN1CC1)c1cccnc1. The molecule has 3 heteroatoms. The van der Waals surface area contributed by atoms with Gasteiger partial charge in [0, 0.05) is 37.6 Å². The van der Waals surface area contributed by atoms with Crippen molar-refractivity contribution in [2.75, 3.05) is 19.6 Å². The summed E-state index contributed by atoms with van der Waals surface area (Å²) < 4.78 is 0. The molecule has 1 saturated heterocycles. The minimum Gasteiger partial charge on any atom is -0.387 e. The van der Waals surface area contributed by atoms with Crippen molar-refractivity contribution < 1.29 is 5.11 Å². The molecule has 1 atom stereocenters. The van der Waals surface area contributed by atoms with Gasteiger partial charge >= 0.3 is 0 Å². The van der Waals surface area contributed by atoms with Crippen LogP contribution in [0, 0.1) is 0 Å². The highest BCUT2D eigenvalue weighted by Gasteiger charge is 2.21. The molecular formula is C9H12N2O. The van der Waals surface area contributed by atoms with Crippen molar-refractivity contribution in [2.24, 2.45) is 0 Å². The van der Waals surface area contributed by atoms with Gasteiger partial charge in [-0.3, -0.25) is 9.88 Å². The van der Waals surface area contributed by atoms with Gasteiger partial charge in [-0.1, -0.05) is 6.07 Å². The molecule has 64 valence electrons. The minimum atomic E-state index is -0.374. The van der Waals surface area contributed by atoms with Crippen molar-refractivity contribution >= 4 is 0 Å². The van der Waals surface area contributed by atoms with Crippen molar-refractivity contribution in [1.29, 1.82) is 0 Å². The molecule has 1 aromatic heterocycles. The predicted molar refractivity (Wildman–Crippen MR) is 45.6 cm³/mol. The summed E-state index contributed by atoms with van der Waals surface area (Å²) in [5, 5.41) is 9.65. The third-order valence-corrected chi connectivity index (χ3v) is 2.04. The molecule has 3 nitrogen and oxygen atoms in total. The molecule has 1 N–H and O–H groups in total. The fraction of sp³-hybridized carbons (Fsp3) is 0.444. The average Bonchev–Trinajstić information content (AvgIpc) is 2.90. The highest BCUT2D eigenvalue weighted by molar-refractivity contribution is 5.12. The fourth-order valence-electron chi connectivity index (χ4n) is 1.18. The standard InChI is InChI=1S/C9H12N2O/c12-9(7-11-4-5-11)8-2-1-3-10-6-8/h1-3,6,9,12H,4-5,7H2. The van der Waals surface area contributed by atoms with Crippen molar-refractivity contribution in [2.45, 2.75) is 6.10 Å². The minimum absolute atomic E-state index is 0.374. The van der Waals surface area contributed by atoms with Crippen LogP contribution < -0.4 is 0 Å². The van der Waals surface area contributed by atoms with Gasteiger partial charge in [0.15, 0.2) is 0 Å². The number of aliphatic hydroxyl groups excluding tert-OH is 1. The van der Waals surface area contributed by atoms with Crippen LogP contribution in [0.15, 0.2) is 24.5 Å². The van der Waals surface area contributed by atoms with Crippen LogP contribution in [0.2, 0.25) is 0 Å². The number of hydrogen-bond donors (Lipinski definition) is 1. The summed E-state index contributed by atoms with van der Waals surface area (Å²) in [6.45, 7) is 2.99. The fourth-order valence-corrected chi connectivity index (χ4v) is 1.18. The summed E-state index contributed by atoms with van der Waals surface area (Å²) in [4.78, 5) is 6.15. The molecule has 12 heavy (non-hydrogen) atoms. The van der Waals surface area contributed by atoms with Crippen LogP contribution in [-0.2, 0) is 0 Å². The van der Waals surface area contributed by atoms with E-state index < -0.39 is 0 Å². The van der Waals surface area contributed by atoms with Crippen LogP contribution in [-0.4, -0.2) is 34.6 Å². The summed E-state index contributed by atoms with van der Waals surface area (Å²) >= 11 is 0. The van der Waals surface area contributed by atoms with Crippen LogP contribution in [0.3, 0.4) is 0 Å². The first-order chi connectivity index (χ1) is 5.86. The topological polar surface area (TPSA) is 36.1 Å². The zero-order chi connectivity index (χ0) is 8.39. The van der Waals surface area contributed by atoms with Crippen molar-refractivity contribution in [3.8, 4) is 0 Å². The molecule has 0 bridgehead atoms. The number of β-amino-alcohol motifs (C(OH)–C–C–N with tert-alkyl or cyclic N) is 1. The van der Waals surface area contributed by atoms with Crippen LogP contribution >= 0.6 is 0 Å². The Hall–Kier alpha value is -0.930. The lowest BCUT2D eigenvalue weighted by Crippen LogP contribution is -2.11. The first-order valence-corrected chi connectivity index (χ1v) is 4.16. The number of pyridine rings is 1. The number of aliphatic hydroxyl groups is 1. The zero-order valence-electron chi connectivity index (χ0n) is 6.85. The molecule has 2 heterocycles. The molecule has 1 aromatic rings. The molecule has 1 aliphatic rings. The van der Waals surface area contributed by atoms with Gasteiger partial charge < -0.3 is 5.11 Å². The predicted octanol–water partition coefficient (Wildman–Crippen LogP) is 0.431. The summed E-state index contributed by atoms with van der Waals surface area (Å²) in [5.74, 6) is 0. The Balaban J connectivity index is 1.98. The van der Waals surface area contributed by atoms with E-state index in [9.17, 15) is 5.11 Å². The van der Waals surface area contributed by atoms with Gasteiger partial charge in [0.05, 0.1) is 6.10 Å². The monoisotopic (exact) mass is 164 g/mol. The van der Waals surface area contributed by atoms with E-state index in [1.807, 2.05) is 12.1 Å². The lowest BCUT2D eigenvalue weighted by Gasteiger charge is -2.09. The first kappa shape index (κ1) is 7.71. The molecule has 1 unspecified atom stereocenters. The molecule has 0 radical (unpaired) electrons. The highest BCUT2D eigenvalue weighted by Crippen LogP contribution is 2.15. The molecule has 1 aliphatic heterocycles. The second-order valence-corrected chi connectivity index (χ2v) is 3.10. The van der Waals surface area contributed by atoms with Gasteiger partial charge in [-0.05, 0) is 6.07 Å². The lowest BCUT2D eigenvalue weighted by molar-refractivity contribution is 0.156. The molecule has 0 spiro atoms. The van der Waals surface area contributed by atoms with Crippen LogP contribution in [0.1, 0.15) is 11.7 Å². The van der Waals surface area contributed by atoms with Gasteiger partial charge in [0.25, 0.3) is 0 Å². The van der Waals surface area contributed by atoms with Gasteiger partial charge in [-0.2, -0.15) is 0 Å². The van der Waals surface area contributed by atoms with Gasteiger partial charge in [-0.15, -0.1) is 0 Å². The highest BCUT2D eigenvalue weighted by atomic mass is 16.3. The molecular weight excluding hydrogens is 152 g/mol. The van der Waals surface area contributed by atoms with E-state index in [1.165, 1.54) is 0 Å². The van der Waals surface area contributed by atoms with Crippen LogP contribution in [0.25, 0.3) is 0 Å². The Kier molecular flexibility index (Phi) is 2.06. The zero-order valence-corrected chi connectivity index (χ0v) is 6.85. The summed E-state index contributed by atoms with van der Waals surface area (Å²) in [6.07, 6.45) is 3.06. The Bertz CT molecular complexity index is 246. The maximum absolute atomic E-state index is 9.65. The molecule has 0 amide bonds. The second-order valence-electron chi connectivity index (χ2n) is 3.10. The number of hydrogen-bond acceptors (Lipinski definition) is 3. The smallest absolute Gasteiger partial charge is 0.0931 e. The van der Waals surface area contributed by atoms with Crippen molar-refractivity contribution in [3.63, 3.8) is 0 Å². The van der Waals surface area contributed by atoms with E-state index >= 15 is 0 Å². The maximum Gasteiger partial charge on any atom is 0.0931 e. The molecule has 0 saturated carbocycles. The lowest BCUT2D eigenvalue weighted by atomic mass is 10.2. The van der Waals surface area contributed by atoms with Crippen LogP contribution in [0.5, 0.6) is 0 Å². The Morgan fingerprint density at radius 3 is 3.00 bits per heavy atom. The maximum atomic E-state index is 9.65.